The van der Waals surface area contributed by atoms with Crippen LogP contribution in [0.4, 0.5) is 11.4 Å². The van der Waals surface area contributed by atoms with Crippen LogP contribution in [0.3, 0.4) is 0 Å². The summed E-state index contributed by atoms with van der Waals surface area (Å²) in [4.78, 5) is 12.8. The van der Waals surface area contributed by atoms with Crippen LogP contribution in [0.2, 0.25) is 0 Å². The molecule has 1 N–H and O–H groups in total. The van der Waals surface area contributed by atoms with Crippen molar-refractivity contribution in [1.29, 1.82) is 0 Å². The standard InChI is InChI=1S/C19H24N2O/c1-3-4-11-16(2)19(22)21(18-14-9-6-10-15-18)20-17-12-7-5-8-13-17/h5-10,12-16,20H,3-4,11H2,1-2H3. The Balaban J connectivity index is 2.20. The lowest BCUT2D eigenvalue weighted by Crippen LogP contribution is -2.39. The van der Waals surface area contributed by atoms with E-state index in [4.69, 9.17) is 0 Å². The van der Waals surface area contributed by atoms with Crippen LogP contribution in [-0.4, -0.2) is 5.91 Å². The number of nitrogens with one attached hydrogen (secondary N) is 1. The fourth-order valence-corrected chi connectivity index (χ4v) is 2.32. The van der Waals surface area contributed by atoms with E-state index in [-0.39, 0.29) is 11.8 Å². The van der Waals surface area contributed by atoms with E-state index in [0.717, 1.165) is 30.6 Å². The van der Waals surface area contributed by atoms with Gasteiger partial charge in [-0.3, -0.25) is 10.2 Å². The molecule has 0 aromatic heterocycles. The Morgan fingerprint density at radius 2 is 1.64 bits per heavy atom. The molecule has 0 aliphatic rings. The molecule has 0 fully saturated rings. The van der Waals surface area contributed by atoms with E-state index in [9.17, 15) is 4.79 Å². The van der Waals surface area contributed by atoms with Gasteiger partial charge in [0, 0.05) is 5.92 Å². The monoisotopic (exact) mass is 296 g/mol. The molecule has 116 valence electrons. The van der Waals surface area contributed by atoms with Crippen LogP contribution >= 0.6 is 0 Å². The van der Waals surface area contributed by atoms with Gasteiger partial charge in [0.2, 0.25) is 5.91 Å². The molecule has 3 nitrogen and oxygen atoms in total. The average molecular weight is 296 g/mol. The molecule has 2 rings (SSSR count). The van der Waals surface area contributed by atoms with Gasteiger partial charge in [0.15, 0.2) is 0 Å². The highest BCUT2D eigenvalue weighted by Gasteiger charge is 2.21. The Labute approximate surface area is 132 Å². The van der Waals surface area contributed by atoms with E-state index in [2.05, 4.69) is 12.3 Å². The molecule has 3 heteroatoms. The number of amides is 1. The number of rotatable bonds is 7. The molecule has 0 aliphatic carbocycles. The largest absolute Gasteiger partial charge is 0.291 e. The van der Waals surface area contributed by atoms with Crippen molar-refractivity contribution in [2.24, 2.45) is 5.92 Å². The molecule has 0 bridgehead atoms. The lowest BCUT2D eigenvalue weighted by molar-refractivity contribution is -0.121. The highest BCUT2D eigenvalue weighted by molar-refractivity contribution is 5.96. The van der Waals surface area contributed by atoms with Crippen molar-refractivity contribution in [2.45, 2.75) is 33.1 Å². The third-order valence-corrected chi connectivity index (χ3v) is 3.66. The van der Waals surface area contributed by atoms with Gasteiger partial charge in [0.25, 0.3) is 0 Å². The minimum atomic E-state index is -0.00336. The number of para-hydroxylation sites is 2. The maximum absolute atomic E-state index is 12.8. The fraction of sp³-hybridized carbons (Fsp3) is 0.316. The lowest BCUT2D eigenvalue weighted by Gasteiger charge is -2.27. The number of nitrogens with zero attached hydrogens (tertiary/aromatic N) is 1. The molecule has 1 unspecified atom stereocenters. The fourth-order valence-electron chi connectivity index (χ4n) is 2.32. The summed E-state index contributed by atoms with van der Waals surface area (Å²) in [5, 5.41) is 1.66. The molecule has 1 atom stereocenters. The minimum Gasteiger partial charge on any atom is -0.291 e. The van der Waals surface area contributed by atoms with Gasteiger partial charge in [-0.2, -0.15) is 0 Å². The van der Waals surface area contributed by atoms with Crippen molar-refractivity contribution < 1.29 is 4.79 Å². The summed E-state index contributed by atoms with van der Waals surface area (Å²) in [6, 6.07) is 19.5. The van der Waals surface area contributed by atoms with Gasteiger partial charge in [-0.1, -0.05) is 63.1 Å². The van der Waals surface area contributed by atoms with Gasteiger partial charge >= 0.3 is 0 Å². The first-order valence-electron chi connectivity index (χ1n) is 7.93. The normalized spacial score (nSPS) is 11.7. The van der Waals surface area contributed by atoms with E-state index in [1.54, 1.807) is 5.01 Å². The molecule has 0 radical (unpaired) electrons. The Morgan fingerprint density at radius 3 is 2.23 bits per heavy atom. The van der Waals surface area contributed by atoms with Crippen LogP contribution in [0.15, 0.2) is 60.7 Å². The molecular formula is C19H24N2O. The van der Waals surface area contributed by atoms with Crippen molar-refractivity contribution in [3.63, 3.8) is 0 Å². The second-order valence-corrected chi connectivity index (χ2v) is 5.53. The van der Waals surface area contributed by atoms with Crippen molar-refractivity contribution in [1.82, 2.24) is 0 Å². The molecular weight excluding hydrogens is 272 g/mol. The summed E-state index contributed by atoms with van der Waals surface area (Å²) in [5.41, 5.74) is 5.00. The SMILES string of the molecule is CCCCC(C)C(=O)N(Nc1ccccc1)c1ccccc1. The van der Waals surface area contributed by atoms with E-state index in [0.29, 0.717) is 0 Å². The maximum atomic E-state index is 12.8. The van der Waals surface area contributed by atoms with Gasteiger partial charge in [-0.15, -0.1) is 0 Å². The molecule has 2 aromatic rings. The summed E-state index contributed by atoms with van der Waals surface area (Å²) in [7, 11) is 0. The number of unbranched alkanes of at least 4 members (excludes halogenated alkanes) is 1. The summed E-state index contributed by atoms with van der Waals surface area (Å²) in [6.45, 7) is 4.15. The van der Waals surface area contributed by atoms with Gasteiger partial charge in [-0.05, 0) is 30.7 Å². The number of carbonyl (C=O) groups excluding carboxylic acids is 1. The highest BCUT2D eigenvalue weighted by Crippen LogP contribution is 2.20. The first kappa shape index (κ1) is 16.1. The third-order valence-electron chi connectivity index (χ3n) is 3.66. The zero-order valence-corrected chi connectivity index (χ0v) is 13.3. The number of hydrogen-bond acceptors (Lipinski definition) is 2. The lowest BCUT2D eigenvalue weighted by atomic mass is 10.0. The summed E-state index contributed by atoms with van der Waals surface area (Å²) >= 11 is 0. The van der Waals surface area contributed by atoms with E-state index >= 15 is 0 Å². The van der Waals surface area contributed by atoms with Crippen LogP contribution in [0, 0.1) is 5.92 Å². The van der Waals surface area contributed by atoms with Crippen molar-refractivity contribution in [3.8, 4) is 0 Å². The summed E-state index contributed by atoms with van der Waals surface area (Å²) in [6.07, 6.45) is 3.09. The Bertz CT molecular complexity index is 569. The molecule has 22 heavy (non-hydrogen) atoms. The number of hydrazine groups is 1. The maximum Gasteiger partial charge on any atom is 0.248 e. The molecule has 0 spiro atoms. The van der Waals surface area contributed by atoms with Crippen LogP contribution < -0.4 is 10.4 Å². The van der Waals surface area contributed by atoms with Gasteiger partial charge in [0.1, 0.15) is 0 Å². The van der Waals surface area contributed by atoms with Crippen molar-refractivity contribution in [3.05, 3.63) is 60.7 Å². The second kappa shape index (κ2) is 8.23. The molecule has 0 aliphatic heterocycles. The van der Waals surface area contributed by atoms with Crippen LogP contribution in [0.25, 0.3) is 0 Å². The number of anilines is 2. The van der Waals surface area contributed by atoms with Crippen LogP contribution in [0.5, 0.6) is 0 Å². The highest BCUT2D eigenvalue weighted by atomic mass is 16.2. The van der Waals surface area contributed by atoms with Crippen LogP contribution in [0.1, 0.15) is 33.1 Å². The Kier molecular flexibility index (Phi) is 6.01. The molecule has 0 saturated carbocycles. The predicted octanol–water partition coefficient (Wildman–Crippen LogP) is 4.87. The van der Waals surface area contributed by atoms with Gasteiger partial charge in [0.05, 0.1) is 11.4 Å². The molecule has 0 heterocycles. The minimum absolute atomic E-state index is 0.00336. The third kappa shape index (κ3) is 4.35. The Morgan fingerprint density at radius 1 is 1.05 bits per heavy atom. The number of hydrogen-bond donors (Lipinski definition) is 1. The predicted molar refractivity (Wildman–Crippen MR) is 92.7 cm³/mol. The van der Waals surface area contributed by atoms with Crippen molar-refractivity contribution >= 4 is 17.3 Å². The number of benzene rings is 2. The van der Waals surface area contributed by atoms with E-state index in [1.807, 2.05) is 67.6 Å². The van der Waals surface area contributed by atoms with E-state index in [1.165, 1.54) is 0 Å². The zero-order valence-electron chi connectivity index (χ0n) is 13.3. The smallest absolute Gasteiger partial charge is 0.248 e. The first-order chi connectivity index (χ1) is 10.7. The van der Waals surface area contributed by atoms with Crippen LogP contribution in [-0.2, 0) is 4.79 Å². The molecule has 0 saturated heterocycles. The summed E-state index contributed by atoms with van der Waals surface area (Å²) in [5.74, 6) is 0.0971. The van der Waals surface area contributed by atoms with Gasteiger partial charge in [-0.25, -0.2) is 5.01 Å². The Hall–Kier alpha value is -2.29. The quantitative estimate of drug-likeness (QED) is 0.739. The molecule has 1 amide bonds. The zero-order chi connectivity index (χ0) is 15.8. The second-order valence-electron chi connectivity index (χ2n) is 5.53. The average Bonchev–Trinajstić information content (AvgIpc) is 2.58. The number of carbonyl (C=O) groups is 1. The topological polar surface area (TPSA) is 32.3 Å². The summed E-state index contributed by atoms with van der Waals surface area (Å²) < 4.78 is 0. The molecule has 2 aromatic carbocycles. The van der Waals surface area contributed by atoms with Gasteiger partial charge < -0.3 is 0 Å². The first-order valence-corrected chi connectivity index (χ1v) is 7.93. The van der Waals surface area contributed by atoms with E-state index < -0.39 is 0 Å². The van der Waals surface area contributed by atoms with Crippen molar-refractivity contribution in [2.75, 3.05) is 10.4 Å².